The Morgan fingerprint density at radius 3 is 2.06 bits per heavy atom. The fourth-order valence-electron chi connectivity index (χ4n) is 3.51. The minimum absolute atomic E-state index is 0.145. The molecule has 0 saturated carbocycles. The lowest BCUT2D eigenvalue weighted by molar-refractivity contribution is -0.144. The van der Waals surface area contributed by atoms with Crippen LogP contribution >= 0.6 is 0 Å². The van der Waals surface area contributed by atoms with Crippen LogP contribution in [0.1, 0.15) is 42.1 Å². The van der Waals surface area contributed by atoms with E-state index >= 15 is 0 Å². The van der Waals surface area contributed by atoms with Crippen molar-refractivity contribution in [3.05, 3.63) is 107 Å². The van der Waals surface area contributed by atoms with E-state index in [2.05, 4.69) is 5.32 Å². The smallest absolute Gasteiger partial charge is 0.247 e. The lowest BCUT2D eigenvalue weighted by Gasteiger charge is -2.33. The Kier molecular flexibility index (Phi) is 7.77. The monoisotopic (exact) mass is 432 g/mol. The minimum atomic E-state index is -0.804. The molecule has 3 rings (SSSR count). The van der Waals surface area contributed by atoms with Crippen LogP contribution in [0.3, 0.4) is 0 Å². The first-order chi connectivity index (χ1) is 15.3. The van der Waals surface area contributed by atoms with E-state index in [9.17, 15) is 14.0 Å². The van der Waals surface area contributed by atoms with Crippen molar-refractivity contribution in [1.29, 1.82) is 0 Å². The van der Waals surface area contributed by atoms with Gasteiger partial charge in [-0.3, -0.25) is 9.59 Å². The molecule has 32 heavy (non-hydrogen) atoms. The normalized spacial score (nSPS) is 11.8. The van der Waals surface area contributed by atoms with Gasteiger partial charge in [-0.2, -0.15) is 0 Å². The van der Waals surface area contributed by atoms with Crippen molar-refractivity contribution < 1.29 is 14.0 Å². The summed E-state index contributed by atoms with van der Waals surface area (Å²) in [6.07, 6.45) is 0. The third-order valence-corrected chi connectivity index (χ3v) is 5.31. The number of rotatable bonds is 8. The van der Waals surface area contributed by atoms with Crippen LogP contribution in [0.25, 0.3) is 0 Å². The predicted octanol–water partition coefficient (Wildman–Crippen LogP) is 5.18. The van der Waals surface area contributed by atoms with E-state index < -0.39 is 6.04 Å². The second kappa shape index (κ2) is 10.7. The molecular formula is C27H29FN2O2. The molecule has 1 N–H and O–H groups in total. The van der Waals surface area contributed by atoms with Gasteiger partial charge in [-0.05, 0) is 35.7 Å². The largest absolute Gasteiger partial charge is 0.350 e. The van der Waals surface area contributed by atoms with Crippen molar-refractivity contribution in [3.8, 4) is 0 Å². The number of hydrogen-bond donors (Lipinski definition) is 1. The molecule has 2 amide bonds. The molecule has 0 aliphatic carbocycles. The van der Waals surface area contributed by atoms with Gasteiger partial charge in [0.15, 0.2) is 0 Å². The van der Waals surface area contributed by atoms with Crippen LogP contribution in [-0.2, 0) is 22.7 Å². The van der Waals surface area contributed by atoms with Gasteiger partial charge in [-0.15, -0.1) is 0 Å². The standard InChI is InChI=1S/C27H29FN2O2/c1-19(2)27(32)30(18-22-13-15-24(28)16-14-22)25(23-7-5-4-6-8-23)26(31)29-17-21-11-9-20(3)10-12-21/h4-16,19,25H,17-18H2,1-3H3,(H,29,31). The highest BCUT2D eigenvalue weighted by molar-refractivity contribution is 5.89. The topological polar surface area (TPSA) is 49.4 Å². The molecular weight excluding hydrogens is 403 g/mol. The van der Waals surface area contributed by atoms with Crippen LogP contribution in [0.15, 0.2) is 78.9 Å². The number of carbonyl (C=O) groups excluding carboxylic acids is 2. The minimum Gasteiger partial charge on any atom is -0.350 e. The molecule has 1 unspecified atom stereocenters. The van der Waals surface area contributed by atoms with Crippen LogP contribution in [-0.4, -0.2) is 16.7 Å². The molecule has 5 heteroatoms. The highest BCUT2D eigenvalue weighted by Gasteiger charge is 2.32. The number of amides is 2. The maximum absolute atomic E-state index is 13.4. The number of carbonyl (C=O) groups is 2. The summed E-state index contributed by atoms with van der Waals surface area (Å²) in [5.74, 6) is -1.04. The first-order valence-corrected chi connectivity index (χ1v) is 10.8. The molecule has 0 heterocycles. The Labute approximate surface area is 189 Å². The zero-order chi connectivity index (χ0) is 23.1. The van der Waals surface area contributed by atoms with E-state index in [0.717, 1.165) is 22.3 Å². The van der Waals surface area contributed by atoms with Crippen molar-refractivity contribution in [3.63, 3.8) is 0 Å². The lowest BCUT2D eigenvalue weighted by atomic mass is 10.0. The fraction of sp³-hybridized carbons (Fsp3) is 0.259. The highest BCUT2D eigenvalue weighted by Crippen LogP contribution is 2.26. The third-order valence-electron chi connectivity index (χ3n) is 5.31. The van der Waals surface area contributed by atoms with Gasteiger partial charge in [0, 0.05) is 19.0 Å². The van der Waals surface area contributed by atoms with E-state index in [-0.39, 0.29) is 30.1 Å². The van der Waals surface area contributed by atoms with Crippen molar-refractivity contribution in [2.75, 3.05) is 0 Å². The second-order valence-electron chi connectivity index (χ2n) is 8.26. The summed E-state index contributed by atoms with van der Waals surface area (Å²) < 4.78 is 13.4. The molecule has 0 saturated heterocycles. The average molecular weight is 433 g/mol. The zero-order valence-corrected chi connectivity index (χ0v) is 18.7. The lowest BCUT2D eigenvalue weighted by Crippen LogP contribution is -2.44. The molecule has 0 fully saturated rings. The quantitative estimate of drug-likeness (QED) is 0.533. The Balaban J connectivity index is 1.92. The van der Waals surface area contributed by atoms with Gasteiger partial charge >= 0.3 is 0 Å². The van der Waals surface area contributed by atoms with Gasteiger partial charge in [0.05, 0.1) is 0 Å². The van der Waals surface area contributed by atoms with Crippen molar-refractivity contribution in [2.45, 2.75) is 39.9 Å². The Morgan fingerprint density at radius 2 is 1.47 bits per heavy atom. The average Bonchev–Trinajstić information content (AvgIpc) is 2.79. The zero-order valence-electron chi connectivity index (χ0n) is 18.7. The van der Waals surface area contributed by atoms with Gasteiger partial charge < -0.3 is 10.2 Å². The summed E-state index contributed by atoms with van der Waals surface area (Å²) in [5, 5.41) is 2.99. The molecule has 0 aromatic heterocycles. The summed E-state index contributed by atoms with van der Waals surface area (Å²) in [6, 6.07) is 22.4. The summed E-state index contributed by atoms with van der Waals surface area (Å²) in [4.78, 5) is 28.2. The van der Waals surface area contributed by atoms with Crippen LogP contribution < -0.4 is 5.32 Å². The molecule has 0 aliphatic heterocycles. The van der Waals surface area contributed by atoms with E-state index in [1.165, 1.54) is 12.1 Å². The van der Waals surface area contributed by atoms with E-state index in [1.807, 2.05) is 75.4 Å². The number of hydrogen-bond acceptors (Lipinski definition) is 2. The van der Waals surface area contributed by atoms with E-state index in [4.69, 9.17) is 0 Å². The van der Waals surface area contributed by atoms with Gasteiger partial charge in [-0.25, -0.2) is 4.39 Å². The number of benzene rings is 3. The molecule has 1 atom stereocenters. The number of nitrogens with zero attached hydrogens (tertiary/aromatic N) is 1. The van der Waals surface area contributed by atoms with Crippen molar-refractivity contribution in [2.24, 2.45) is 5.92 Å². The fourth-order valence-corrected chi connectivity index (χ4v) is 3.51. The summed E-state index contributed by atoms with van der Waals surface area (Å²) in [7, 11) is 0. The van der Waals surface area contributed by atoms with Crippen LogP contribution in [0.5, 0.6) is 0 Å². The molecule has 0 bridgehead atoms. The number of nitrogens with one attached hydrogen (secondary N) is 1. The highest BCUT2D eigenvalue weighted by atomic mass is 19.1. The molecule has 3 aromatic rings. The van der Waals surface area contributed by atoms with E-state index in [0.29, 0.717) is 6.54 Å². The van der Waals surface area contributed by atoms with Gasteiger partial charge in [-0.1, -0.05) is 86.1 Å². The number of aryl methyl sites for hydroxylation is 1. The molecule has 3 aromatic carbocycles. The molecule has 0 radical (unpaired) electrons. The van der Waals surface area contributed by atoms with Crippen LogP contribution in [0.2, 0.25) is 0 Å². The molecule has 4 nitrogen and oxygen atoms in total. The van der Waals surface area contributed by atoms with Crippen LogP contribution in [0, 0.1) is 18.7 Å². The number of halogens is 1. The third kappa shape index (κ3) is 6.03. The first kappa shape index (κ1) is 23.2. The Hall–Kier alpha value is -3.47. The molecule has 0 aliphatic rings. The summed E-state index contributed by atoms with van der Waals surface area (Å²) in [6.45, 7) is 6.20. The second-order valence-corrected chi connectivity index (χ2v) is 8.26. The SMILES string of the molecule is Cc1ccc(CNC(=O)C(c2ccccc2)N(Cc2ccc(F)cc2)C(=O)C(C)C)cc1. The Morgan fingerprint density at radius 1 is 0.875 bits per heavy atom. The summed E-state index contributed by atoms with van der Waals surface area (Å²) in [5.41, 5.74) is 3.61. The van der Waals surface area contributed by atoms with Gasteiger partial charge in [0.1, 0.15) is 11.9 Å². The van der Waals surface area contributed by atoms with Crippen molar-refractivity contribution in [1.82, 2.24) is 10.2 Å². The van der Waals surface area contributed by atoms with Gasteiger partial charge in [0.25, 0.3) is 0 Å². The maximum atomic E-state index is 13.4. The van der Waals surface area contributed by atoms with Gasteiger partial charge in [0.2, 0.25) is 11.8 Å². The first-order valence-electron chi connectivity index (χ1n) is 10.8. The van der Waals surface area contributed by atoms with Crippen LogP contribution in [0.4, 0.5) is 4.39 Å². The van der Waals surface area contributed by atoms with Crippen molar-refractivity contribution >= 4 is 11.8 Å². The molecule has 166 valence electrons. The van der Waals surface area contributed by atoms with E-state index in [1.54, 1.807) is 17.0 Å². The summed E-state index contributed by atoms with van der Waals surface area (Å²) >= 11 is 0. The Bertz CT molecular complexity index is 1030. The maximum Gasteiger partial charge on any atom is 0.247 e. The predicted molar refractivity (Wildman–Crippen MR) is 124 cm³/mol. The molecule has 0 spiro atoms.